The van der Waals surface area contributed by atoms with Crippen LogP contribution in [0.2, 0.25) is 0 Å². The number of hydrogen-bond acceptors (Lipinski definition) is 5. The van der Waals surface area contributed by atoms with E-state index >= 15 is 0 Å². The lowest BCUT2D eigenvalue weighted by Crippen LogP contribution is -2.38. The van der Waals surface area contributed by atoms with Gasteiger partial charge in [0.15, 0.2) is 5.96 Å². The highest BCUT2D eigenvalue weighted by atomic mass is 32.1. The van der Waals surface area contributed by atoms with Crippen molar-refractivity contribution >= 4 is 17.3 Å². The summed E-state index contributed by atoms with van der Waals surface area (Å²) in [7, 11) is 0. The largest absolute Gasteiger partial charge is 0.439 e. The van der Waals surface area contributed by atoms with Crippen LogP contribution in [-0.2, 0) is 19.4 Å². The molecule has 0 spiro atoms. The Kier molecular flexibility index (Phi) is 8.14. The smallest absolute Gasteiger partial charge is 0.219 e. The number of halogens is 1. The van der Waals surface area contributed by atoms with Gasteiger partial charge in [-0.1, -0.05) is 13.0 Å². The van der Waals surface area contributed by atoms with Gasteiger partial charge in [-0.05, 0) is 43.2 Å². The zero-order valence-electron chi connectivity index (χ0n) is 17.2. The molecule has 0 aliphatic carbocycles. The maximum atomic E-state index is 13.0. The molecule has 1 aromatic carbocycles. The lowest BCUT2D eigenvalue weighted by Gasteiger charge is -2.10. The van der Waals surface area contributed by atoms with Gasteiger partial charge in [-0.3, -0.25) is 0 Å². The molecule has 0 saturated carbocycles. The molecule has 6 nitrogen and oxygen atoms in total. The van der Waals surface area contributed by atoms with Crippen LogP contribution in [0.15, 0.2) is 53.8 Å². The van der Waals surface area contributed by atoms with Crippen molar-refractivity contribution in [2.45, 2.75) is 33.2 Å². The maximum Gasteiger partial charge on any atom is 0.219 e. The molecule has 2 N–H and O–H groups in total. The van der Waals surface area contributed by atoms with E-state index < -0.39 is 0 Å². The average Bonchev–Trinajstić information content (AvgIpc) is 3.23. The van der Waals surface area contributed by atoms with Crippen LogP contribution >= 0.6 is 11.3 Å². The highest BCUT2D eigenvalue weighted by molar-refractivity contribution is 7.11. The number of rotatable bonds is 9. The summed E-state index contributed by atoms with van der Waals surface area (Å²) < 4.78 is 18.6. The van der Waals surface area contributed by atoms with Crippen LogP contribution in [-0.4, -0.2) is 29.0 Å². The maximum absolute atomic E-state index is 13.0. The number of hydrogen-bond donors (Lipinski definition) is 2. The van der Waals surface area contributed by atoms with Gasteiger partial charge >= 0.3 is 0 Å². The molecule has 0 atom stereocenters. The summed E-state index contributed by atoms with van der Waals surface area (Å²) in [6.07, 6.45) is 5.58. The number of thiazole rings is 1. The molecule has 30 heavy (non-hydrogen) atoms. The van der Waals surface area contributed by atoms with E-state index in [9.17, 15) is 4.39 Å². The second-order valence-corrected chi connectivity index (χ2v) is 7.71. The number of benzene rings is 1. The Labute approximate surface area is 180 Å². The molecule has 0 amide bonds. The first-order valence-electron chi connectivity index (χ1n) is 10.0. The van der Waals surface area contributed by atoms with E-state index in [1.54, 1.807) is 35.7 Å². The summed E-state index contributed by atoms with van der Waals surface area (Å²) in [5.74, 6) is 1.45. The second-order valence-electron chi connectivity index (χ2n) is 6.51. The van der Waals surface area contributed by atoms with Gasteiger partial charge in [-0.15, -0.1) is 11.3 Å². The molecular formula is C22H26FN5OS. The van der Waals surface area contributed by atoms with Gasteiger partial charge in [0, 0.05) is 42.8 Å². The zero-order valence-corrected chi connectivity index (χ0v) is 18.0. The van der Waals surface area contributed by atoms with Gasteiger partial charge in [-0.2, -0.15) is 0 Å². The number of nitrogens with one attached hydrogen (secondary N) is 2. The fourth-order valence-electron chi connectivity index (χ4n) is 2.62. The predicted octanol–water partition coefficient (Wildman–Crippen LogP) is 4.33. The highest BCUT2D eigenvalue weighted by Gasteiger charge is 2.03. The topological polar surface area (TPSA) is 71.4 Å². The number of aryl methyl sites for hydroxylation is 1. The molecule has 158 valence electrons. The molecule has 0 bridgehead atoms. The predicted molar refractivity (Wildman–Crippen MR) is 119 cm³/mol. The van der Waals surface area contributed by atoms with Crippen LogP contribution < -0.4 is 15.4 Å². The van der Waals surface area contributed by atoms with Crippen molar-refractivity contribution in [3.05, 3.63) is 70.1 Å². The van der Waals surface area contributed by atoms with Crippen molar-refractivity contribution in [2.75, 3.05) is 13.1 Å². The monoisotopic (exact) mass is 427 g/mol. The molecule has 3 rings (SSSR count). The van der Waals surface area contributed by atoms with Crippen LogP contribution in [0.1, 0.15) is 29.3 Å². The number of aliphatic imine (C=N–C) groups is 1. The van der Waals surface area contributed by atoms with Crippen LogP contribution in [0.5, 0.6) is 11.6 Å². The molecule has 0 fully saturated rings. The molecule has 0 aliphatic heterocycles. The van der Waals surface area contributed by atoms with Crippen LogP contribution in [0.3, 0.4) is 0 Å². The Morgan fingerprint density at radius 2 is 1.90 bits per heavy atom. The summed E-state index contributed by atoms with van der Waals surface area (Å²) in [5.41, 5.74) is 0.964. The zero-order chi connectivity index (χ0) is 21.2. The normalized spacial score (nSPS) is 11.4. The van der Waals surface area contributed by atoms with Crippen molar-refractivity contribution in [2.24, 2.45) is 4.99 Å². The second kappa shape index (κ2) is 11.3. The molecule has 3 aromatic rings. The molecule has 0 radical (unpaired) electrons. The van der Waals surface area contributed by atoms with Crippen molar-refractivity contribution < 1.29 is 9.13 Å². The third-order valence-corrected chi connectivity index (χ3v) is 5.38. The molecule has 8 heteroatoms. The summed E-state index contributed by atoms with van der Waals surface area (Å²) >= 11 is 1.76. The molecule has 2 heterocycles. The van der Waals surface area contributed by atoms with E-state index in [-0.39, 0.29) is 5.82 Å². The minimum atomic E-state index is -0.300. The number of guanidine groups is 1. The van der Waals surface area contributed by atoms with Gasteiger partial charge in [-0.25, -0.2) is 19.4 Å². The first-order valence-corrected chi connectivity index (χ1v) is 10.8. The Balaban J connectivity index is 1.51. The summed E-state index contributed by atoms with van der Waals surface area (Å²) in [5, 5.41) is 7.73. The lowest BCUT2D eigenvalue weighted by atomic mass is 10.3. The SMILES string of the molecule is CCNC(=NCc1ccc(Oc2ccc(F)cc2)nc1)NCCc1ncc(CC)s1. The van der Waals surface area contributed by atoms with E-state index in [1.165, 1.54) is 17.0 Å². The van der Waals surface area contributed by atoms with Gasteiger partial charge in [0.25, 0.3) is 0 Å². The Bertz CT molecular complexity index is 941. The van der Waals surface area contributed by atoms with E-state index in [2.05, 4.69) is 32.5 Å². The van der Waals surface area contributed by atoms with Gasteiger partial charge < -0.3 is 15.4 Å². The Hall–Kier alpha value is -3.00. The van der Waals surface area contributed by atoms with Crippen LogP contribution in [0.25, 0.3) is 0 Å². The molecule has 2 aromatic heterocycles. The number of nitrogens with zero attached hydrogens (tertiary/aromatic N) is 3. The van der Waals surface area contributed by atoms with Crippen LogP contribution in [0, 0.1) is 5.82 Å². The summed E-state index contributed by atoms with van der Waals surface area (Å²) in [6, 6.07) is 9.54. The summed E-state index contributed by atoms with van der Waals surface area (Å²) in [4.78, 5) is 14.7. The molecule has 0 unspecified atom stereocenters. The Morgan fingerprint density at radius 3 is 2.57 bits per heavy atom. The van der Waals surface area contributed by atoms with E-state index in [4.69, 9.17) is 4.74 Å². The van der Waals surface area contributed by atoms with Crippen LogP contribution in [0.4, 0.5) is 4.39 Å². The summed E-state index contributed by atoms with van der Waals surface area (Å²) in [6.45, 7) is 6.23. The van der Waals surface area contributed by atoms with Gasteiger partial charge in [0.1, 0.15) is 11.6 Å². The quantitative estimate of drug-likeness (QED) is 0.393. The first-order chi connectivity index (χ1) is 14.7. The minimum absolute atomic E-state index is 0.300. The molecular weight excluding hydrogens is 401 g/mol. The van der Waals surface area contributed by atoms with Crippen molar-refractivity contribution in [1.82, 2.24) is 20.6 Å². The molecule has 0 saturated heterocycles. The molecule has 0 aliphatic rings. The van der Waals surface area contributed by atoms with Gasteiger partial charge in [0.05, 0.1) is 11.6 Å². The third kappa shape index (κ3) is 6.81. The number of aromatic nitrogens is 2. The van der Waals surface area contributed by atoms with Gasteiger partial charge in [0.2, 0.25) is 5.88 Å². The lowest BCUT2D eigenvalue weighted by molar-refractivity contribution is 0.461. The van der Waals surface area contributed by atoms with E-state index in [1.807, 2.05) is 19.2 Å². The van der Waals surface area contributed by atoms with Crippen molar-refractivity contribution in [1.29, 1.82) is 0 Å². The third-order valence-electron chi connectivity index (χ3n) is 4.18. The number of ether oxygens (including phenoxy) is 1. The van der Waals surface area contributed by atoms with E-state index in [0.717, 1.165) is 42.5 Å². The fraction of sp³-hybridized carbons (Fsp3) is 0.318. The number of pyridine rings is 1. The van der Waals surface area contributed by atoms with Crippen molar-refractivity contribution in [3.8, 4) is 11.6 Å². The minimum Gasteiger partial charge on any atom is -0.439 e. The van der Waals surface area contributed by atoms with E-state index in [0.29, 0.717) is 18.2 Å². The first kappa shape index (κ1) is 21.7. The fourth-order valence-corrected chi connectivity index (χ4v) is 3.48. The standard InChI is InChI=1S/C22H26FN5OS/c1-3-19-15-27-21(30-19)11-12-25-22(24-4-2)28-14-16-5-10-20(26-13-16)29-18-8-6-17(23)7-9-18/h5-10,13,15H,3-4,11-12,14H2,1-2H3,(H2,24,25,28). The van der Waals surface area contributed by atoms with Crippen molar-refractivity contribution in [3.63, 3.8) is 0 Å². The average molecular weight is 428 g/mol. The Morgan fingerprint density at radius 1 is 1.07 bits per heavy atom. The highest BCUT2D eigenvalue weighted by Crippen LogP contribution is 2.19.